The lowest BCUT2D eigenvalue weighted by Crippen LogP contribution is -2.24. The highest BCUT2D eigenvalue weighted by Crippen LogP contribution is 2.06. The standard InChI is InChI=1S/C7H6O8/c8-4(9)2(5(10)11)1-3(6(12)13)7(14)15/h1-2H,(H,8,9)(H,10,11)(H,12,13)(H,14,15). The number of carboxylic acid groups (broad SMARTS) is 4. The van der Waals surface area contributed by atoms with Crippen molar-refractivity contribution < 1.29 is 39.6 Å². The van der Waals surface area contributed by atoms with Crippen LogP contribution in [0.3, 0.4) is 0 Å². The van der Waals surface area contributed by atoms with Gasteiger partial charge < -0.3 is 20.4 Å². The summed E-state index contributed by atoms with van der Waals surface area (Å²) in [5.74, 6) is -9.71. The van der Waals surface area contributed by atoms with Crippen LogP contribution >= 0.6 is 0 Å². The fourth-order valence-corrected chi connectivity index (χ4v) is 0.649. The Kier molecular flexibility index (Phi) is 3.99. The van der Waals surface area contributed by atoms with E-state index in [1.165, 1.54) is 0 Å². The molecule has 0 saturated heterocycles. The first-order valence-corrected chi connectivity index (χ1v) is 3.41. The molecule has 0 aromatic heterocycles. The molecule has 0 bridgehead atoms. The van der Waals surface area contributed by atoms with Crippen LogP contribution in [0, 0.1) is 5.92 Å². The Hall–Kier alpha value is -2.38. The molecule has 0 radical (unpaired) electrons. The molecule has 0 aromatic carbocycles. The zero-order valence-corrected chi connectivity index (χ0v) is 7.08. The molecule has 4 N–H and O–H groups in total. The minimum Gasteiger partial charge on any atom is -0.480 e. The van der Waals surface area contributed by atoms with Gasteiger partial charge in [-0.2, -0.15) is 0 Å². The molecule has 0 fully saturated rings. The van der Waals surface area contributed by atoms with Gasteiger partial charge in [0.15, 0.2) is 5.92 Å². The highest BCUT2D eigenvalue weighted by atomic mass is 16.4. The molecule has 0 atom stereocenters. The number of hydrogen-bond donors (Lipinski definition) is 4. The minimum absolute atomic E-state index is 0.148. The maximum absolute atomic E-state index is 10.3. The Bertz CT molecular complexity index is 322. The Labute approximate surface area is 82.1 Å². The molecule has 0 heterocycles. The highest BCUT2D eigenvalue weighted by Gasteiger charge is 2.27. The number of carbonyl (C=O) groups is 4. The smallest absolute Gasteiger partial charge is 0.342 e. The fraction of sp³-hybridized carbons (Fsp3) is 0.143. The first kappa shape index (κ1) is 12.6. The van der Waals surface area contributed by atoms with Crippen LogP contribution in [0.5, 0.6) is 0 Å². The second-order valence-corrected chi connectivity index (χ2v) is 2.34. The predicted molar refractivity (Wildman–Crippen MR) is 42.1 cm³/mol. The zero-order chi connectivity index (χ0) is 12.2. The van der Waals surface area contributed by atoms with E-state index in [0.29, 0.717) is 0 Å². The normalized spacial score (nSPS) is 9.40. The summed E-state index contributed by atoms with van der Waals surface area (Å²) in [5, 5.41) is 33.3. The van der Waals surface area contributed by atoms with Crippen LogP contribution in [0.1, 0.15) is 0 Å². The van der Waals surface area contributed by atoms with Crippen molar-refractivity contribution in [1.29, 1.82) is 0 Å². The number of hydrogen-bond acceptors (Lipinski definition) is 4. The number of rotatable bonds is 5. The quantitative estimate of drug-likeness (QED) is 0.257. The molecule has 0 rings (SSSR count). The van der Waals surface area contributed by atoms with E-state index in [2.05, 4.69) is 0 Å². The van der Waals surface area contributed by atoms with Gasteiger partial charge >= 0.3 is 23.9 Å². The maximum atomic E-state index is 10.3. The van der Waals surface area contributed by atoms with Crippen molar-refractivity contribution in [3.05, 3.63) is 11.6 Å². The van der Waals surface area contributed by atoms with Gasteiger partial charge in [-0.15, -0.1) is 0 Å². The fourth-order valence-electron chi connectivity index (χ4n) is 0.649. The Morgan fingerprint density at radius 3 is 1.33 bits per heavy atom. The van der Waals surface area contributed by atoms with Crippen molar-refractivity contribution >= 4 is 23.9 Å². The van der Waals surface area contributed by atoms with Crippen molar-refractivity contribution in [3.8, 4) is 0 Å². The molecule has 0 spiro atoms. The van der Waals surface area contributed by atoms with E-state index in [9.17, 15) is 19.2 Å². The summed E-state index contributed by atoms with van der Waals surface area (Å²) < 4.78 is 0. The summed E-state index contributed by atoms with van der Waals surface area (Å²) in [6.07, 6.45) is 0.148. The summed E-state index contributed by atoms with van der Waals surface area (Å²) in [5.41, 5.74) is -1.30. The van der Waals surface area contributed by atoms with Crippen LogP contribution in [0.4, 0.5) is 0 Å². The van der Waals surface area contributed by atoms with E-state index in [0.717, 1.165) is 0 Å². The molecular weight excluding hydrogens is 212 g/mol. The van der Waals surface area contributed by atoms with Crippen molar-refractivity contribution in [2.75, 3.05) is 0 Å². The molecular formula is C7H6O8. The van der Waals surface area contributed by atoms with Crippen molar-refractivity contribution in [2.45, 2.75) is 0 Å². The van der Waals surface area contributed by atoms with Crippen LogP contribution in [0.25, 0.3) is 0 Å². The van der Waals surface area contributed by atoms with Gasteiger partial charge in [0.05, 0.1) is 0 Å². The highest BCUT2D eigenvalue weighted by molar-refractivity contribution is 6.13. The largest absolute Gasteiger partial charge is 0.480 e. The monoisotopic (exact) mass is 218 g/mol. The summed E-state index contributed by atoms with van der Waals surface area (Å²) in [4.78, 5) is 41.2. The second kappa shape index (κ2) is 4.74. The Morgan fingerprint density at radius 1 is 0.800 bits per heavy atom. The first-order valence-electron chi connectivity index (χ1n) is 3.41. The van der Waals surface area contributed by atoms with Crippen LogP contribution in [0.15, 0.2) is 11.6 Å². The maximum Gasteiger partial charge on any atom is 0.342 e. The third kappa shape index (κ3) is 3.46. The topological polar surface area (TPSA) is 149 Å². The van der Waals surface area contributed by atoms with Gasteiger partial charge in [0.2, 0.25) is 0 Å². The molecule has 0 saturated carbocycles. The van der Waals surface area contributed by atoms with E-state index in [1.807, 2.05) is 0 Å². The van der Waals surface area contributed by atoms with Gasteiger partial charge in [-0.1, -0.05) is 0 Å². The van der Waals surface area contributed by atoms with E-state index < -0.39 is 35.4 Å². The molecule has 0 aliphatic carbocycles. The van der Waals surface area contributed by atoms with Crippen molar-refractivity contribution in [1.82, 2.24) is 0 Å². The molecule has 0 aliphatic rings. The summed E-state index contributed by atoms with van der Waals surface area (Å²) >= 11 is 0. The van der Waals surface area contributed by atoms with Crippen LogP contribution in [0.2, 0.25) is 0 Å². The van der Waals surface area contributed by atoms with Gasteiger partial charge in [-0.25, -0.2) is 9.59 Å². The number of aliphatic carboxylic acids is 4. The van der Waals surface area contributed by atoms with Crippen molar-refractivity contribution in [3.63, 3.8) is 0 Å². The molecule has 0 unspecified atom stereocenters. The summed E-state index contributed by atoms with van der Waals surface area (Å²) in [6, 6.07) is 0. The third-order valence-electron chi connectivity index (χ3n) is 1.33. The van der Waals surface area contributed by atoms with E-state index in [-0.39, 0.29) is 6.08 Å². The van der Waals surface area contributed by atoms with Crippen LogP contribution in [-0.2, 0) is 19.2 Å². The van der Waals surface area contributed by atoms with E-state index in [1.54, 1.807) is 0 Å². The van der Waals surface area contributed by atoms with Crippen molar-refractivity contribution in [2.24, 2.45) is 5.92 Å². The molecule has 8 heteroatoms. The van der Waals surface area contributed by atoms with Gasteiger partial charge in [-0.3, -0.25) is 9.59 Å². The van der Waals surface area contributed by atoms with Gasteiger partial charge in [0.1, 0.15) is 5.57 Å². The summed E-state index contributed by atoms with van der Waals surface area (Å²) in [6.45, 7) is 0. The Balaban J connectivity index is 5.26. The first-order chi connectivity index (χ1) is 6.77. The average Bonchev–Trinajstić information content (AvgIpc) is 2.01. The lowest BCUT2D eigenvalue weighted by molar-refractivity contribution is -0.151. The molecule has 0 amide bonds. The SMILES string of the molecule is O=C(O)C(=CC(C(=O)O)C(=O)O)C(=O)O. The average molecular weight is 218 g/mol. The lowest BCUT2D eigenvalue weighted by atomic mass is 10.1. The van der Waals surface area contributed by atoms with Gasteiger partial charge in [0, 0.05) is 0 Å². The van der Waals surface area contributed by atoms with Crippen LogP contribution < -0.4 is 0 Å². The zero-order valence-electron chi connectivity index (χ0n) is 7.08. The molecule has 15 heavy (non-hydrogen) atoms. The Morgan fingerprint density at radius 2 is 1.13 bits per heavy atom. The van der Waals surface area contributed by atoms with E-state index >= 15 is 0 Å². The van der Waals surface area contributed by atoms with Gasteiger partial charge in [0.25, 0.3) is 0 Å². The van der Waals surface area contributed by atoms with Crippen LogP contribution in [-0.4, -0.2) is 44.3 Å². The predicted octanol–water partition coefficient (Wildman–Crippen LogP) is -1.13. The molecule has 82 valence electrons. The summed E-state index contributed by atoms with van der Waals surface area (Å²) in [7, 11) is 0. The molecule has 0 aromatic rings. The molecule has 8 nitrogen and oxygen atoms in total. The lowest BCUT2D eigenvalue weighted by Gasteiger charge is -2.01. The third-order valence-corrected chi connectivity index (χ3v) is 1.33. The second-order valence-electron chi connectivity index (χ2n) is 2.34. The number of carboxylic acids is 4. The van der Waals surface area contributed by atoms with E-state index in [4.69, 9.17) is 20.4 Å². The molecule has 0 aliphatic heterocycles. The minimum atomic E-state index is -2.20. The van der Waals surface area contributed by atoms with Gasteiger partial charge in [-0.05, 0) is 6.08 Å².